The van der Waals surface area contributed by atoms with Crippen LogP contribution in [0.4, 0.5) is 4.79 Å². The highest BCUT2D eigenvalue weighted by Crippen LogP contribution is 2.19. The van der Waals surface area contributed by atoms with Crippen LogP contribution in [0.15, 0.2) is 0 Å². The van der Waals surface area contributed by atoms with Crippen molar-refractivity contribution in [2.75, 3.05) is 6.54 Å². The molecule has 0 saturated carbocycles. The van der Waals surface area contributed by atoms with E-state index < -0.39 is 25.7 Å². The van der Waals surface area contributed by atoms with Crippen LogP contribution < -0.4 is 5.32 Å². The molecule has 0 bridgehead atoms. The monoisotopic (exact) mass is 289 g/mol. The van der Waals surface area contributed by atoms with E-state index in [2.05, 4.69) is 25.0 Å². The van der Waals surface area contributed by atoms with Crippen LogP contribution in [-0.4, -0.2) is 37.4 Å². The Morgan fingerprint density at radius 1 is 1.26 bits per heavy atom. The molecule has 0 saturated heterocycles. The summed E-state index contributed by atoms with van der Waals surface area (Å²) in [4.78, 5) is 22.4. The summed E-state index contributed by atoms with van der Waals surface area (Å²) in [5.41, 5.74) is -0.537. The highest BCUT2D eigenvalue weighted by molar-refractivity contribution is 6.76. The molecular formula is C13H27NO4Si. The van der Waals surface area contributed by atoms with Gasteiger partial charge in [-0.2, -0.15) is 0 Å². The zero-order valence-electron chi connectivity index (χ0n) is 12.9. The minimum Gasteiger partial charge on any atom is -0.481 e. The number of carbonyl (C=O) groups is 2. The predicted octanol–water partition coefficient (Wildman–Crippen LogP) is 2.94. The summed E-state index contributed by atoms with van der Waals surface area (Å²) >= 11 is 0. The van der Waals surface area contributed by atoms with Crippen molar-refractivity contribution in [1.82, 2.24) is 5.32 Å². The zero-order chi connectivity index (χ0) is 15.3. The maximum Gasteiger partial charge on any atom is 0.407 e. The highest BCUT2D eigenvalue weighted by Gasteiger charge is 2.24. The van der Waals surface area contributed by atoms with E-state index in [1.807, 2.05) is 0 Å². The van der Waals surface area contributed by atoms with Crippen molar-refractivity contribution in [1.29, 1.82) is 0 Å². The van der Waals surface area contributed by atoms with Gasteiger partial charge in [0.1, 0.15) is 5.60 Å². The summed E-state index contributed by atoms with van der Waals surface area (Å²) < 4.78 is 5.14. The smallest absolute Gasteiger partial charge is 0.407 e. The highest BCUT2D eigenvalue weighted by atomic mass is 28.3. The Hall–Kier alpha value is -1.04. The van der Waals surface area contributed by atoms with E-state index in [4.69, 9.17) is 9.84 Å². The van der Waals surface area contributed by atoms with Crippen molar-refractivity contribution in [3.63, 3.8) is 0 Å². The fourth-order valence-corrected chi connectivity index (χ4v) is 3.89. The van der Waals surface area contributed by atoms with Crippen LogP contribution in [0, 0.1) is 5.92 Å². The molecule has 0 aromatic rings. The lowest BCUT2D eigenvalue weighted by Crippen LogP contribution is -2.37. The van der Waals surface area contributed by atoms with Crippen molar-refractivity contribution in [3.05, 3.63) is 0 Å². The van der Waals surface area contributed by atoms with Crippen LogP contribution >= 0.6 is 0 Å². The molecule has 0 fully saturated rings. The number of nitrogens with one attached hydrogen (secondary N) is 1. The summed E-state index contributed by atoms with van der Waals surface area (Å²) in [5.74, 6) is -0.856. The number of amides is 1. The fourth-order valence-electron chi connectivity index (χ4n) is 1.87. The standard InChI is InChI=1S/C13H27NO4Si/c1-13(2,3)18-12(17)14-8-10(7-11(15)16)9-19(4,5)6/h10H,7-9H2,1-6H3,(H,14,17)(H,15,16). The van der Waals surface area contributed by atoms with Crippen LogP contribution in [0.2, 0.25) is 25.7 Å². The first-order chi connectivity index (χ1) is 8.39. The molecule has 1 unspecified atom stereocenters. The lowest BCUT2D eigenvalue weighted by molar-refractivity contribution is -0.137. The largest absolute Gasteiger partial charge is 0.481 e. The van der Waals surface area contributed by atoms with Gasteiger partial charge in [0.2, 0.25) is 0 Å². The first-order valence-electron chi connectivity index (χ1n) is 6.58. The molecule has 0 radical (unpaired) electrons. The predicted molar refractivity (Wildman–Crippen MR) is 78.1 cm³/mol. The third-order valence-electron chi connectivity index (χ3n) is 2.30. The molecule has 0 aliphatic heterocycles. The van der Waals surface area contributed by atoms with Gasteiger partial charge >= 0.3 is 12.1 Å². The summed E-state index contributed by atoms with van der Waals surface area (Å²) in [5, 5.41) is 11.6. The van der Waals surface area contributed by atoms with Gasteiger partial charge in [0.05, 0.1) is 0 Å². The van der Waals surface area contributed by atoms with Gasteiger partial charge in [0, 0.05) is 21.0 Å². The second-order valence-electron chi connectivity index (χ2n) is 7.11. The first-order valence-corrected chi connectivity index (χ1v) is 10.3. The number of hydrogen-bond donors (Lipinski definition) is 2. The second kappa shape index (κ2) is 6.93. The van der Waals surface area contributed by atoms with E-state index in [0.717, 1.165) is 6.04 Å². The molecule has 112 valence electrons. The molecule has 0 spiro atoms. The molecular weight excluding hydrogens is 262 g/mol. The topological polar surface area (TPSA) is 75.6 Å². The van der Waals surface area contributed by atoms with Crippen molar-refractivity contribution in [2.24, 2.45) is 5.92 Å². The van der Waals surface area contributed by atoms with E-state index in [1.54, 1.807) is 20.8 Å². The Morgan fingerprint density at radius 3 is 2.16 bits per heavy atom. The average molecular weight is 289 g/mol. The maximum absolute atomic E-state index is 11.5. The van der Waals surface area contributed by atoms with Crippen LogP contribution in [-0.2, 0) is 9.53 Å². The number of ether oxygens (including phenoxy) is 1. The molecule has 0 rings (SSSR count). The Morgan fingerprint density at radius 2 is 1.79 bits per heavy atom. The van der Waals surface area contributed by atoms with Gasteiger partial charge < -0.3 is 15.2 Å². The maximum atomic E-state index is 11.5. The van der Waals surface area contributed by atoms with Gasteiger partial charge in [0.15, 0.2) is 0 Å². The number of carbonyl (C=O) groups excluding carboxylic acids is 1. The Kier molecular flexibility index (Phi) is 6.55. The molecule has 0 aliphatic carbocycles. The number of alkyl carbamates (subject to hydrolysis) is 1. The first kappa shape index (κ1) is 18.0. The molecule has 5 nitrogen and oxygen atoms in total. The lowest BCUT2D eigenvalue weighted by Gasteiger charge is -2.25. The molecule has 1 atom stereocenters. The van der Waals surface area contributed by atoms with Crippen molar-refractivity contribution >= 4 is 20.1 Å². The number of rotatable bonds is 6. The minimum absolute atomic E-state index is 0.0308. The average Bonchev–Trinajstić information content (AvgIpc) is 2.07. The molecule has 0 aromatic heterocycles. The third kappa shape index (κ3) is 11.8. The Balaban J connectivity index is 4.34. The molecule has 2 N–H and O–H groups in total. The van der Waals surface area contributed by atoms with Crippen molar-refractivity contribution < 1.29 is 19.4 Å². The van der Waals surface area contributed by atoms with Gasteiger partial charge in [-0.15, -0.1) is 0 Å². The molecule has 0 aromatic carbocycles. The normalized spacial score (nSPS) is 13.8. The van der Waals surface area contributed by atoms with Gasteiger partial charge in [-0.25, -0.2) is 4.79 Å². The molecule has 1 amide bonds. The van der Waals surface area contributed by atoms with Crippen molar-refractivity contribution in [2.45, 2.75) is 58.5 Å². The summed E-state index contributed by atoms with van der Waals surface area (Å²) in [6.07, 6.45) is -0.404. The second-order valence-corrected chi connectivity index (χ2v) is 12.6. The minimum atomic E-state index is -1.36. The SMILES string of the molecule is CC(C)(C)OC(=O)NCC(CC(=O)O)C[Si](C)(C)C. The van der Waals surface area contributed by atoms with Crippen LogP contribution in [0.5, 0.6) is 0 Å². The summed E-state index contributed by atoms with van der Waals surface area (Å²) in [7, 11) is -1.36. The molecule has 6 heteroatoms. The number of carboxylic acids is 1. The Labute approximate surface area is 116 Å². The summed E-state index contributed by atoms with van der Waals surface area (Å²) in [6, 6.07) is 0.870. The van der Waals surface area contributed by atoms with E-state index in [9.17, 15) is 9.59 Å². The van der Waals surface area contributed by atoms with E-state index in [0.29, 0.717) is 6.54 Å². The van der Waals surface area contributed by atoms with Crippen molar-refractivity contribution in [3.8, 4) is 0 Å². The fraction of sp³-hybridized carbons (Fsp3) is 0.846. The number of hydrogen-bond acceptors (Lipinski definition) is 3. The van der Waals surface area contributed by atoms with E-state index in [1.165, 1.54) is 0 Å². The van der Waals surface area contributed by atoms with Gasteiger partial charge in [0.25, 0.3) is 0 Å². The zero-order valence-corrected chi connectivity index (χ0v) is 13.9. The third-order valence-corrected chi connectivity index (χ3v) is 4.10. The Bertz CT molecular complexity index is 318. The van der Waals surface area contributed by atoms with E-state index in [-0.39, 0.29) is 12.3 Å². The lowest BCUT2D eigenvalue weighted by atomic mass is 10.1. The van der Waals surface area contributed by atoms with Gasteiger partial charge in [-0.1, -0.05) is 25.7 Å². The van der Waals surface area contributed by atoms with E-state index >= 15 is 0 Å². The van der Waals surface area contributed by atoms with Crippen LogP contribution in [0.1, 0.15) is 27.2 Å². The number of aliphatic carboxylic acids is 1. The molecule has 0 aliphatic rings. The van der Waals surface area contributed by atoms with Crippen LogP contribution in [0.25, 0.3) is 0 Å². The number of carboxylic acid groups (broad SMARTS) is 1. The quantitative estimate of drug-likeness (QED) is 0.737. The molecule has 19 heavy (non-hydrogen) atoms. The molecule has 0 heterocycles. The van der Waals surface area contributed by atoms with Gasteiger partial charge in [-0.05, 0) is 26.7 Å². The summed E-state index contributed by atoms with van der Waals surface area (Å²) in [6.45, 7) is 12.3. The van der Waals surface area contributed by atoms with Crippen LogP contribution in [0.3, 0.4) is 0 Å². The van der Waals surface area contributed by atoms with Gasteiger partial charge in [-0.3, -0.25) is 4.79 Å².